The topological polar surface area (TPSA) is 38.3 Å². The number of nitrogens with one attached hydrogen (secondary N) is 1. The molecule has 0 radical (unpaired) electrons. The first-order valence-electron chi connectivity index (χ1n) is 4.81. The van der Waals surface area contributed by atoms with Crippen molar-refractivity contribution in [3.05, 3.63) is 29.8 Å². The van der Waals surface area contributed by atoms with Gasteiger partial charge in [0.1, 0.15) is 0 Å². The molecule has 0 spiro atoms. The van der Waals surface area contributed by atoms with Gasteiger partial charge in [-0.15, -0.1) is 0 Å². The number of halogens is 2. The average Bonchev–Trinajstić information content (AvgIpc) is 2.29. The number of carbonyl (C=O) groups is 1. The first kappa shape index (κ1) is 14.6. The minimum absolute atomic E-state index is 0.314. The Hall–Kier alpha value is -0.437. The SMILES string of the molecule is COC(=O)C(C)Nc1ccccc1[CH]=[Ru]([Cl])[Cl]. The second-order valence-electron chi connectivity index (χ2n) is 3.28. The van der Waals surface area contributed by atoms with Crippen LogP contribution in [0.5, 0.6) is 0 Å². The van der Waals surface area contributed by atoms with E-state index in [1.165, 1.54) is 7.11 Å². The second-order valence-corrected chi connectivity index (χ2v) is 9.01. The van der Waals surface area contributed by atoms with Gasteiger partial charge in [0.2, 0.25) is 0 Å². The van der Waals surface area contributed by atoms with E-state index in [2.05, 4.69) is 10.1 Å². The summed E-state index contributed by atoms with van der Waals surface area (Å²) >= 11 is -1.88. The predicted octanol–water partition coefficient (Wildman–Crippen LogP) is 2.74. The van der Waals surface area contributed by atoms with Crippen LogP contribution in [0.2, 0.25) is 0 Å². The molecule has 0 fully saturated rings. The Labute approximate surface area is 114 Å². The van der Waals surface area contributed by atoms with E-state index >= 15 is 0 Å². The summed E-state index contributed by atoms with van der Waals surface area (Å²) in [6, 6.07) is 7.13. The number of esters is 1. The normalized spacial score (nSPS) is 12.6. The molecule has 1 aromatic carbocycles. The van der Waals surface area contributed by atoms with Gasteiger partial charge < -0.3 is 0 Å². The van der Waals surface area contributed by atoms with Gasteiger partial charge in [-0.2, -0.15) is 0 Å². The third-order valence-corrected chi connectivity index (χ3v) is 3.91. The molecule has 96 valence electrons. The molecule has 0 aromatic heterocycles. The summed E-state index contributed by atoms with van der Waals surface area (Å²) in [5, 5.41) is 3.07. The molecule has 0 aliphatic carbocycles. The zero-order valence-corrected chi connectivity index (χ0v) is 12.6. The van der Waals surface area contributed by atoms with Crippen molar-refractivity contribution < 1.29 is 23.0 Å². The molecule has 0 heterocycles. The summed E-state index contributed by atoms with van der Waals surface area (Å²) in [5.41, 5.74) is 1.73. The first-order valence-corrected chi connectivity index (χ1v) is 10.3. The van der Waals surface area contributed by atoms with E-state index in [9.17, 15) is 4.79 Å². The molecule has 17 heavy (non-hydrogen) atoms. The van der Waals surface area contributed by atoms with Gasteiger partial charge in [-0.3, -0.25) is 0 Å². The summed E-state index contributed by atoms with van der Waals surface area (Å²) in [5.74, 6) is -0.314. The van der Waals surface area contributed by atoms with Crippen LogP contribution in [0.15, 0.2) is 24.3 Å². The third-order valence-electron chi connectivity index (χ3n) is 2.07. The van der Waals surface area contributed by atoms with Crippen LogP contribution in [0.4, 0.5) is 5.69 Å². The Bertz CT molecular complexity index is 433. The van der Waals surface area contributed by atoms with Crippen molar-refractivity contribution in [1.82, 2.24) is 0 Å². The zero-order chi connectivity index (χ0) is 12.8. The Morgan fingerprint density at radius 1 is 1.47 bits per heavy atom. The molecule has 1 rings (SSSR count). The quantitative estimate of drug-likeness (QED) is 0.661. The van der Waals surface area contributed by atoms with Crippen molar-refractivity contribution in [1.29, 1.82) is 0 Å². The maximum absolute atomic E-state index is 11.3. The standard InChI is InChI=1S/C11H13NO2.2ClH.Ru/c1-8-6-4-5-7-10(8)12-9(2)11(13)14-3;;;/h1,4-7,9,12H,2-3H3;2*1H;/q;;;+2/p-2. The summed E-state index contributed by atoms with van der Waals surface area (Å²) < 4.78 is 6.48. The molecule has 0 bridgehead atoms. The van der Waals surface area contributed by atoms with Crippen molar-refractivity contribution in [2.45, 2.75) is 13.0 Å². The molecule has 1 N–H and O–H groups in total. The molecule has 0 aliphatic heterocycles. The van der Waals surface area contributed by atoms with Crippen LogP contribution in [0.3, 0.4) is 0 Å². The number of methoxy groups -OCH3 is 1. The van der Waals surface area contributed by atoms with Gasteiger partial charge in [0.15, 0.2) is 0 Å². The first-order chi connectivity index (χ1) is 8.04. The van der Waals surface area contributed by atoms with Crippen LogP contribution in [-0.4, -0.2) is 23.7 Å². The number of anilines is 1. The van der Waals surface area contributed by atoms with Crippen molar-refractivity contribution in [3.63, 3.8) is 0 Å². The van der Waals surface area contributed by atoms with Gasteiger partial charge in [-0.25, -0.2) is 0 Å². The van der Waals surface area contributed by atoms with Gasteiger partial charge in [0.05, 0.1) is 0 Å². The number of ether oxygens (including phenoxy) is 1. The van der Waals surface area contributed by atoms with E-state index in [4.69, 9.17) is 19.4 Å². The minimum atomic E-state index is -1.88. The van der Waals surface area contributed by atoms with Crippen molar-refractivity contribution in [2.24, 2.45) is 0 Å². The average molecular weight is 363 g/mol. The van der Waals surface area contributed by atoms with Crippen LogP contribution in [0, 0.1) is 0 Å². The Morgan fingerprint density at radius 3 is 2.71 bits per heavy atom. The van der Waals surface area contributed by atoms with Crippen LogP contribution >= 0.6 is 19.4 Å². The van der Waals surface area contributed by atoms with Crippen LogP contribution in [0.1, 0.15) is 12.5 Å². The number of hydrogen-bond donors (Lipinski definition) is 1. The molecule has 1 unspecified atom stereocenters. The molecule has 0 saturated carbocycles. The number of para-hydroxylation sites is 1. The molecular weight excluding hydrogens is 350 g/mol. The molecule has 3 nitrogen and oxygen atoms in total. The molecule has 0 saturated heterocycles. The fraction of sp³-hybridized carbons (Fsp3) is 0.273. The number of rotatable bonds is 4. The van der Waals surface area contributed by atoms with Crippen LogP contribution < -0.4 is 5.32 Å². The van der Waals surface area contributed by atoms with Gasteiger partial charge in [-0.05, 0) is 0 Å². The molecule has 0 aliphatic rings. The monoisotopic (exact) mass is 363 g/mol. The van der Waals surface area contributed by atoms with Crippen molar-refractivity contribution >= 4 is 35.6 Å². The van der Waals surface area contributed by atoms with Gasteiger partial charge >= 0.3 is 114 Å². The van der Waals surface area contributed by atoms with E-state index < -0.39 is 19.6 Å². The van der Waals surface area contributed by atoms with Gasteiger partial charge in [0, 0.05) is 0 Å². The summed E-state index contributed by atoms with van der Waals surface area (Å²) in [7, 11) is 13.0. The van der Waals surface area contributed by atoms with Gasteiger partial charge in [0.25, 0.3) is 0 Å². The van der Waals surface area contributed by atoms with E-state index in [1.54, 1.807) is 6.92 Å². The number of carbonyl (C=O) groups excluding carboxylic acids is 1. The summed E-state index contributed by atoms with van der Waals surface area (Å²) in [4.78, 5) is 11.3. The predicted molar refractivity (Wildman–Crippen MR) is 68.4 cm³/mol. The molecule has 0 amide bonds. The van der Waals surface area contributed by atoms with Crippen LogP contribution in [0.25, 0.3) is 0 Å². The fourth-order valence-electron chi connectivity index (χ4n) is 1.27. The van der Waals surface area contributed by atoms with E-state index in [0.29, 0.717) is 0 Å². The molecule has 1 atom stereocenters. The van der Waals surface area contributed by atoms with Crippen LogP contribution in [-0.2, 0) is 23.0 Å². The van der Waals surface area contributed by atoms with Crippen molar-refractivity contribution in [3.8, 4) is 0 Å². The molecule has 6 heteroatoms. The van der Waals surface area contributed by atoms with E-state index in [0.717, 1.165) is 11.3 Å². The Balaban J connectivity index is 2.91. The third kappa shape index (κ3) is 4.75. The molecular formula is C11H13Cl2NO2Ru. The fourth-order valence-corrected chi connectivity index (χ4v) is 3.10. The zero-order valence-electron chi connectivity index (χ0n) is 9.39. The Morgan fingerprint density at radius 2 is 2.12 bits per heavy atom. The van der Waals surface area contributed by atoms with Gasteiger partial charge in [-0.1, -0.05) is 0 Å². The maximum atomic E-state index is 11.3. The summed E-state index contributed by atoms with van der Waals surface area (Å²) in [6.07, 6.45) is 0. The second kappa shape index (κ2) is 7.10. The van der Waals surface area contributed by atoms with E-state index in [-0.39, 0.29) is 5.97 Å². The number of hydrogen-bond acceptors (Lipinski definition) is 3. The number of benzene rings is 1. The van der Waals surface area contributed by atoms with Crippen molar-refractivity contribution in [2.75, 3.05) is 12.4 Å². The Kier molecular flexibility index (Phi) is 6.11. The summed E-state index contributed by atoms with van der Waals surface area (Å²) in [6.45, 7) is 1.74. The van der Waals surface area contributed by atoms with E-state index in [1.807, 2.05) is 28.9 Å². The molecule has 1 aromatic rings.